The van der Waals surface area contributed by atoms with Crippen molar-refractivity contribution in [3.8, 4) is 0 Å². The minimum Gasteiger partial charge on any atom is -0.282 e. The first kappa shape index (κ1) is 11.9. The molecule has 6 heteroatoms. The highest BCUT2D eigenvalue weighted by atomic mass is 79.9. The van der Waals surface area contributed by atoms with Gasteiger partial charge in [-0.15, -0.1) is 0 Å². The molecule has 88 valence electrons. The molecule has 0 spiro atoms. The summed E-state index contributed by atoms with van der Waals surface area (Å²) in [6.07, 6.45) is 1.93. The lowest BCUT2D eigenvalue weighted by atomic mass is 10.3. The highest BCUT2D eigenvalue weighted by molar-refractivity contribution is 9.10. The van der Waals surface area contributed by atoms with Crippen LogP contribution >= 0.6 is 15.9 Å². The van der Waals surface area contributed by atoms with Crippen molar-refractivity contribution in [2.75, 3.05) is 10.5 Å². The van der Waals surface area contributed by atoms with Gasteiger partial charge in [-0.2, -0.15) is 0 Å². The molecule has 0 amide bonds. The predicted octanol–water partition coefficient (Wildman–Crippen LogP) is 2.74. The van der Waals surface area contributed by atoms with E-state index >= 15 is 0 Å². The van der Waals surface area contributed by atoms with Gasteiger partial charge in [-0.25, -0.2) is 12.8 Å². The number of anilines is 1. The summed E-state index contributed by atoms with van der Waals surface area (Å²) < 4.78 is 39.2. The molecule has 0 unspecified atom stereocenters. The monoisotopic (exact) mass is 307 g/mol. The van der Waals surface area contributed by atoms with Crippen LogP contribution in [0.5, 0.6) is 0 Å². The number of halogens is 2. The summed E-state index contributed by atoms with van der Waals surface area (Å²) in [6, 6.07) is 3.90. The molecule has 16 heavy (non-hydrogen) atoms. The number of hydrogen-bond donors (Lipinski definition) is 1. The zero-order valence-corrected chi connectivity index (χ0v) is 10.8. The molecular formula is C10H11BrFNO2S. The zero-order chi connectivity index (χ0) is 11.8. The van der Waals surface area contributed by atoms with Crippen molar-refractivity contribution < 1.29 is 12.8 Å². The van der Waals surface area contributed by atoms with Crippen LogP contribution in [0.15, 0.2) is 22.7 Å². The molecule has 0 aliphatic heterocycles. The Morgan fingerprint density at radius 2 is 2.12 bits per heavy atom. The van der Waals surface area contributed by atoms with Crippen LogP contribution in [-0.4, -0.2) is 14.2 Å². The number of benzene rings is 1. The van der Waals surface area contributed by atoms with E-state index in [4.69, 9.17) is 0 Å². The van der Waals surface area contributed by atoms with Crippen LogP contribution < -0.4 is 4.72 Å². The van der Waals surface area contributed by atoms with Crippen molar-refractivity contribution in [3.63, 3.8) is 0 Å². The van der Waals surface area contributed by atoms with Crippen molar-refractivity contribution in [3.05, 3.63) is 28.5 Å². The summed E-state index contributed by atoms with van der Waals surface area (Å²) in [5.74, 6) is -0.0761. The molecule has 0 atom stereocenters. The molecule has 1 aromatic carbocycles. The lowest BCUT2D eigenvalue weighted by Gasteiger charge is -2.09. The molecule has 0 radical (unpaired) electrons. The van der Waals surface area contributed by atoms with Crippen molar-refractivity contribution in [2.24, 2.45) is 5.92 Å². The first-order valence-corrected chi connectivity index (χ1v) is 7.36. The molecule has 0 heterocycles. The van der Waals surface area contributed by atoms with Crippen LogP contribution in [0.25, 0.3) is 0 Å². The van der Waals surface area contributed by atoms with E-state index < -0.39 is 15.8 Å². The van der Waals surface area contributed by atoms with E-state index in [2.05, 4.69) is 20.7 Å². The van der Waals surface area contributed by atoms with Gasteiger partial charge in [0.25, 0.3) is 0 Å². The summed E-state index contributed by atoms with van der Waals surface area (Å²) in [7, 11) is -3.36. The van der Waals surface area contributed by atoms with Crippen LogP contribution in [-0.2, 0) is 10.0 Å². The summed E-state index contributed by atoms with van der Waals surface area (Å²) in [5, 5.41) is 0. The fourth-order valence-corrected chi connectivity index (χ4v) is 3.40. The average molecular weight is 308 g/mol. The van der Waals surface area contributed by atoms with Crippen LogP contribution in [0.4, 0.5) is 10.1 Å². The topological polar surface area (TPSA) is 46.2 Å². The Morgan fingerprint density at radius 3 is 2.75 bits per heavy atom. The quantitative estimate of drug-likeness (QED) is 0.929. The molecule has 1 aliphatic rings. The second-order valence-corrected chi connectivity index (χ2v) is 6.57. The van der Waals surface area contributed by atoms with Gasteiger partial charge in [0.1, 0.15) is 5.82 Å². The molecule has 0 saturated heterocycles. The molecule has 1 N–H and O–H groups in total. The molecule has 3 nitrogen and oxygen atoms in total. The minimum absolute atomic E-state index is 0.121. The van der Waals surface area contributed by atoms with Crippen LogP contribution in [0.3, 0.4) is 0 Å². The predicted molar refractivity (Wildman–Crippen MR) is 64.2 cm³/mol. The molecule has 1 fully saturated rings. The Hall–Kier alpha value is -0.620. The highest BCUT2D eigenvalue weighted by Crippen LogP contribution is 2.31. The van der Waals surface area contributed by atoms with E-state index in [0.717, 1.165) is 18.9 Å². The summed E-state index contributed by atoms with van der Waals surface area (Å²) in [5.41, 5.74) is 0.251. The smallest absolute Gasteiger partial charge is 0.233 e. The van der Waals surface area contributed by atoms with E-state index in [0.29, 0.717) is 4.47 Å². The van der Waals surface area contributed by atoms with Crippen molar-refractivity contribution in [2.45, 2.75) is 12.8 Å². The van der Waals surface area contributed by atoms with Gasteiger partial charge >= 0.3 is 0 Å². The molecule has 1 aliphatic carbocycles. The number of hydrogen-bond acceptors (Lipinski definition) is 2. The largest absolute Gasteiger partial charge is 0.282 e. The lowest BCUT2D eigenvalue weighted by Crippen LogP contribution is -2.18. The van der Waals surface area contributed by atoms with E-state index in [1.54, 1.807) is 0 Å². The molecule has 1 aromatic rings. The maximum Gasteiger partial charge on any atom is 0.233 e. The van der Waals surface area contributed by atoms with Gasteiger partial charge < -0.3 is 0 Å². The van der Waals surface area contributed by atoms with Gasteiger partial charge in [0.2, 0.25) is 10.0 Å². The third-order valence-electron chi connectivity index (χ3n) is 2.35. The standard InChI is InChI=1S/C10H11BrFNO2S/c11-9-4-3-8(12)5-10(9)13-16(14,15)6-7-1-2-7/h3-5,7,13H,1-2,6H2. The molecular weight excluding hydrogens is 297 g/mol. The Balaban J connectivity index is 2.15. The SMILES string of the molecule is O=S(=O)(CC1CC1)Nc1cc(F)ccc1Br. The van der Waals surface area contributed by atoms with Gasteiger partial charge in [0.15, 0.2) is 0 Å². The van der Waals surface area contributed by atoms with Gasteiger partial charge in [-0.1, -0.05) is 0 Å². The maximum absolute atomic E-state index is 12.9. The second kappa shape index (κ2) is 4.33. The fourth-order valence-electron chi connectivity index (χ4n) is 1.38. The maximum atomic E-state index is 12.9. The second-order valence-electron chi connectivity index (χ2n) is 3.95. The first-order chi connectivity index (χ1) is 7.46. The molecule has 0 bridgehead atoms. The van der Waals surface area contributed by atoms with Gasteiger partial charge in [-0.05, 0) is 52.9 Å². The van der Waals surface area contributed by atoms with Crippen molar-refractivity contribution >= 4 is 31.6 Å². The molecule has 0 aromatic heterocycles. The highest BCUT2D eigenvalue weighted by Gasteiger charge is 2.28. The average Bonchev–Trinajstić information content (AvgIpc) is 2.94. The third kappa shape index (κ3) is 3.18. The zero-order valence-electron chi connectivity index (χ0n) is 8.41. The van der Waals surface area contributed by atoms with Crippen LogP contribution in [0.1, 0.15) is 12.8 Å². The van der Waals surface area contributed by atoms with E-state index in [-0.39, 0.29) is 17.4 Å². The number of nitrogens with one attached hydrogen (secondary N) is 1. The summed E-state index contributed by atoms with van der Waals surface area (Å²) >= 11 is 3.17. The molecule has 2 rings (SSSR count). The Morgan fingerprint density at radius 1 is 1.44 bits per heavy atom. The number of rotatable bonds is 4. The van der Waals surface area contributed by atoms with Crippen molar-refractivity contribution in [1.82, 2.24) is 0 Å². The van der Waals surface area contributed by atoms with Crippen LogP contribution in [0, 0.1) is 11.7 Å². The summed E-state index contributed by atoms with van der Waals surface area (Å²) in [6.45, 7) is 0. The minimum atomic E-state index is -3.36. The van der Waals surface area contributed by atoms with Crippen molar-refractivity contribution in [1.29, 1.82) is 0 Å². The van der Waals surface area contributed by atoms with E-state index in [9.17, 15) is 12.8 Å². The Bertz CT molecular complexity index is 500. The van der Waals surface area contributed by atoms with E-state index in [1.165, 1.54) is 12.1 Å². The normalized spacial score (nSPS) is 16.1. The third-order valence-corrected chi connectivity index (χ3v) is 4.48. The van der Waals surface area contributed by atoms with E-state index in [1.807, 2.05) is 0 Å². The Labute approximate surface area is 102 Å². The molecule has 1 saturated carbocycles. The first-order valence-electron chi connectivity index (χ1n) is 4.92. The van der Waals surface area contributed by atoms with Gasteiger partial charge in [0.05, 0.1) is 11.4 Å². The lowest BCUT2D eigenvalue weighted by molar-refractivity contribution is 0.597. The number of sulfonamides is 1. The van der Waals surface area contributed by atoms with Crippen LogP contribution in [0.2, 0.25) is 0 Å². The summed E-state index contributed by atoms with van der Waals surface area (Å²) in [4.78, 5) is 0. The van der Waals surface area contributed by atoms with Gasteiger partial charge in [-0.3, -0.25) is 4.72 Å². The Kier molecular flexibility index (Phi) is 3.21. The van der Waals surface area contributed by atoms with Gasteiger partial charge in [0, 0.05) is 4.47 Å². The fraction of sp³-hybridized carbons (Fsp3) is 0.400.